The lowest BCUT2D eigenvalue weighted by molar-refractivity contribution is 0.204. The molecule has 0 heterocycles. The van der Waals surface area contributed by atoms with Crippen molar-refractivity contribution in [2.24, 2.45) is 0 Å². The molecule has 0 aliphatic heterocycles. The number of aliphatic hydroxyl groups excluding tert-OH is 1. The van der Waals surface area contributed by atoms with Gasteiger partial charge in [0.2, 0.25) is 0 Å². The van der Waals surface area contributed by atoms with E-state index in [1.165, 1.54) is 0 Å². The first-order valence-corrected chi connectivity index (χ1v) is 7.57. The van der Waals surface area contributed by atoms with E-state index in [0.29, 0.717) is 11.3 Å². The van der Waals surface area contributed by atoms with Crippen LogP contribution in [0.1, 0.15) is 38.7 Å². The molecule has 2 nitrogen and oxygen atoms in total. The smallest absolute Gasteiger partial charge is 0.0873 e. The maximum absolute atomic E-state index is 12.4. The molecule has 0 saturated carbocycles. The van der Waals surface area contributed by atoms with E-state index < -0.39 is 16.9 Å². The van der Waals surface area contributed by atoms with Crippen LogP contribution in [0.5, 0.6) is 0 Å². The summed E-state index contributed by atoms with van der Waals surface area (Å²) in [7, 11) is -1.25. The average Bonchev–Trinajstić information content (AvgIpc) is 2.37. The number of rotatable bonds is 6. The van der Waals surface area contributed by atoms with Gasteiger partial charge in [0.25, 0.3) is 0 Å². The quantitative estimate of drug-likeness (QED) is 0.855. The Balaban J connectivity index is 2.83. The Morgan fingerprint density at radius 2 is 2.00 bits per heavy atom. The molecule has 100 valence electrons. The molecule has 1 aromatic rings. The van der Waals surface area contributed by atoms with Crippen molar-refractivity contribution in [3.8, 4) is 0 Å². The fourth-order valence-electron chi connectivity index (χ4n) is 1.76. The molecule has 3 heteroatoms. The highest BCUT2D eigenvalue weighted by Crippen LogP contribution is 2.20. The van der Waals surface area contributed by atoms with Crippen LogP contribution >= 0.6 is 0 Å². The molecule has 0 amide bonds. The van der Waals surface area contributed by atoms with Gasteiger partial charge in [0.05, 0.1) is 16.9 Å². The number of hydrogen-bond donors (Lipinski definition) is 1. The molecule has 0 aliphatic rings. The minimum Gasteiger partial charge on any atom is -0.388 e. The van der Waals surface area contributed by atoms with E-state index >= 15 is 0 Å². The maximum Gasteiger partial charge on any atom is 0.0873 e. The Morgan fingerprint density at radius 1 is 1.39 bits per heavy atom. The summed E-state index contributed by atoms with van der Waals surface area (Å²) in [6.07, 6.45) is 3.83. The molecule has 0 saturated heterocycles. The Morgan fingerprint density at radius 3 is 2.50 bits per heavy atom. The van der Waals surface area contributed by atoms with Crippen LogP contribution in [0.3, 0.4) is 0 Å². The van der Waals surface area contributed by atoms with E-state index in [4.69, 9.17) is 0 Å². The van der Waals surface area contributed by atoms with Gasteiger partial charge in [-0.3, -0.25) is 0 Å². The van der Waals surface area contributed by atoms with Crippen molar-refractivity contribution in [3.05, 3.63) is 40.8 Å². The van der Waals surface area contributed by atoms with Crippen molar-refractivity contribution >= 4 is 10.8 Å². The molecule has 1 rings (SSSR count). The van der Waals surface area contributed by atoms with Gasteiger partial charge < -0.3 is 5.11 Å². The number of aryl methyl sites for hydroxylation is 1. The normalized spacial score (nSPS) is 15.4. The summed E-state index contributed by atoms with van der Waals surface area (Å²) in [5, 5.41) is 10.1. The van der Waals surface area contributed by atoms with E-state index in [2.05, 4.69) is 6.92 Å². The molecule has 0 spiro atoms. The SMILES string of the molecule is C/C=C(\[C@@H](O)CCCC)S(=O)c1ccc(C)cc1. The first-order chi connectivity index (χ1) is 8.60. The van der Waals surface area contributed by atoms with E-state index in [1.54, 1.807) is 6.08 Å². The fourth-order valence-corrected chi connectivity index (χ4v) is 3.00. The van der Waals surface area contributed by atoms with E-state index in [0.717, 1.165) is 23.3 Å². The topological polar surface area (TPSA) is 37.3 Å². The summed E-state index contributed by atoms with van der Waals surface area (Å²) in [5.41, 5.74) is 1.14. The highest BCUT2D eigenvalue weighted by atomic mass is 32.2. The summed E-state index contributed by atoms with van der Waals surface area (Å²) in [6.45, 7) is 5.91. The minimum absolute atomic E-state index is 0.600. The van der Waals surface area contributed by atoms with E-state index in [9.17, 15) is 9.32 Å². The van der Waals surface area contributed by atoms with Gasteiger partial charge in [0, 0.05) is 9.80 Å². The second kappa shape index (κ2) is 7.49. The van der Waals surface area contributed by atoms with Crippen LogP contribution in [0.25, 0.3) is 0 Å². The van der Waals surface area contributed by atoms with Crippen molar-refractivity contribution in [1.29, 1.82) is 0 Å². The highest BCUT2D eigenvalue weighted by Gasteiger charge is 2.17. The third-order valence-electron chi connectivity index (χ3n) is 2.89. The van der Waals surface area contributed by atoms with Crippen molar-refractivity contribution in [1.82, 2.24) is 0 Å². The van der Waals surface area contributed by atoms with Crippen LogP contribution in [0, 0.1) is 6.92 Å². The van der Waals surface area contributed by atoms with Crippen molar-refractivity contribution in [2.75, 3.05) is 0 Å². The van der Waals surface area contributed by atoms with Crippen LogP contribution in [0.4, 0.5) is 0 Å². The maximum atomic E-state index is 12.4. The second-order valence-corrected chi connectivity index (χ2v) is 5.91. The zero-order valence-electron chi connectivity index (χ0n) is 11.3. The summed E-state index contributed by atoms with van der Waals surface area (Å²) < 4.78 is 12.4. The van der Waals surface area contributed by atoms with Crippen LogP contribution < -0.4 is 0 Å². The Kier molecular flexibility index (Phi) is 6.30. The molecular formula is C15H22O2S. The van der Waals surface area contributed by atoms with Gasteiger partial charge >= 0.3 is 0 Å². The summed E-state index contributed by atoms with van der Waals surface area (Å²) in [4.78, 5) is 1.37. The molecule has 2 atom stereocenters. The fraction of sp³-hybridized carbons (Fsp3) is 0.467. The van der Waals surface area contributed by atoms with Gasteiger partial charge in [-0.15, -0.1) is 0 Å². The number of hydrogen-bond acceptors (Lipinski definition) is 2. The first kappa shape index (κ1) is 15.1. The molecule has 0 radical (unpaired) electrons. The monoisotopic (exact) mass is 266 g/mol. The van der Waals surface area contributed by atoms with Crippen molar-refractivity contribution in [2.45, 2.75) is 51.0 Å². The molecule has 1 N–H and O–H groups in total. The van der Waals surface area contributed by atoms with Crippen LogP contribution in [0.15, 0.2) is 40.1 Å². The van der Waals surface area contributed by atoms with Gasteiger partial charge in [0.1, 0.15) is 0 Å². The van der Waals surface area contributed by atoms with E-state index in [-0.39, 0.29) is 0 Å². The number of aliphatic hydroxyl groups is 1. The summed E-state index contributed by atoms with van der Waals surface area (Å²) in [5.74, 6) is 0. The predicted octanol–water partition coefficient (Wildman–Crippen LogP) is 3.56. The molecular weight excluding hydrogens is 244 g/mol. The van der Waals surface area contributed by atoms with Gasteiger partial charge in [-0.05, 0) is 32.4 Å². The van der Waals surface area contributed by atoms with Crippen LogP contribution in [-0.2, 0) is 10.8 Å². The highest BCUT2D eigenvalue weighted by molar-refractivity contribution is 7.89. The number of benzene rings is 1. The molecule has 1 aromatic carbocycles. The Bertz CT molecular complexity index is 421. The molecule has 0 fully saturated rings. The van der Waals surface area contributed by atoms with Gasteiger partial charge in [-0.25, -0.2) is 4.21 Å². The second-order valence-electron chi connectivity index (χ2n) is 4.43. The standard InChI is InChI=1S/C15H22O2S/c1-4-6-7-14(16)15(5-2)18(17)13-10-8-12(3)9-11-13/h5,8-11,14,16H,4,6-7H2,1-3H3/b15-5+/t14-,18?/m0/s1. The lowest BCUT2D eigenvalue weighted by Crippen LogP contribution is -2.14. The lowest BCUT2D eigenvalue weighted by Gasteiger charge is -2.14. The third kappa shape index (κ3) is 4.07. The summed E-state index contributed by atoms with van der Waals surface area (Å²) in [6, 6.07) is 7.61. The minimum atomic E-state index is -1.25. The third-order valence-corrected chi connectivity index (χ3v) is 4.53. The summed E-state index contributed by atoms with van der Waals surface area (Å²) >= 11 is 0. The average molecular weight is 266 g/mol. The molecule has 18 heavy (non-hydrogen) atoms. The first-order valence-electron chi connectivity index (χ1n) is 6.42. The predicted molar refractivity (Wildman–Crippen MR) is 76.9 cm³/mol. The van der Waals surface area contributed by atoms with E-state index in [1.807, 2.05) is 38.1 Å². The Hall–Kier alpha value is -0.930. The largest absolute Gasteiger partial charge is 0.388 e. The molecule has 1 unspecified atom stereocenters. The zero-order chi connectivity index (χ0) is 13.5. The number of allylic oxidation sites excluding steroid dienone is 1. The number of unbranched alkanes of at least 4 members (excludes halogenated alkanes) is 1. The molecule has 0 aromatic heterocycles. The lowest BCUT2D eigenvalue weighted by atomic mass is 10.1. The Labute approximate surface area is 112 Å². The van der Waals surface area contributed by atoms with Gasteiger partial charge in [-0.1, -0.05) is 43.5 Å². The molecule has 0 aliphatic carbocycles. The van der Waals surface area contributed by atoms with Gasteiger partial charge in [-0.2, -0.15) is 0 Å². The van der Waals surface area contributed by atoms with Gasteiger partial charge in [0.15, 0.2) is 0 Å². The van der Waals surface area contributed by atoms with Crippen LogP contribution in [-0.4, -0.2) is 15.4 Å². The van der Waals surface area contributed by atoms with Crippen molar-refractivity contribution < 1.29 is 9.32 Å². The zero-order valence-corrected chi connectivity index (χ0v) is 12.2. The molecule has 0 bridgehead atoms. The van der Waals surface area contributed by atoms with Crippen LogP contribution in [0.2, 0.25) is 0 Å². The van der Waals surface area contributed by atoms with Crippen molar-refractivity contribution in [3.63, 3.8) is 0 Å².